The minimum absolute atomic E-state index is 0.0445. The monoisotopic (exact) mass is 525 g/mol. The molecule has 0 unspecified atom stereocenters. The molecule has 0 aliphatic heterocycles. The van der Waals surface area contributed by atoms with Gasteiger partial charge >= 0.3 is 5.97 Å². The number of hydrogen-bond donors (Lipinski definition) is 1. The van der Waals surface area contributed by atoms with Crippen molar-refractivity contribution in [2.45, 2.75) is 18.4 Å². The Kier molecular flexibility index (Phi) is 7.32. The third-order valence-electron chi connectivity index (χ3n) is 5.56. The maximum atomic E-state index is 13.4. The summed E-state index contributed by atoms with van der Waals surface area (Å²) >= 11 is 6.43. The molecule has 2 aromatic heterocycles. The third-order valence-corrected chi connectivity index (χ3v) is 7.55. The highest BCUT2D eigenvalue weighted by molar-refractivity contribution is 7.90. The van der Waals surface area contributed by atoms with Crippen molar-refractivity contribution in [3.05, 3.63) is 94.9 Å². The van der Waals surface area contributed by atoms with Gasteiger partial charge in [-0.1, -0.05) is 41.4 Å². The van der Waals surface area contributed by atoms with Gasteiger partial charge in [0.05, 0.1) is 24.1 Å². The molecule has 0 bridgehead atoms. The van der Waals surface area contributed by atoms with Crippen LogP contribution in [0.3, 0.4) is 0 Å². The molecule has 4 aromatic rings. The first-order chi connectivity index (χ1) is 17.2. The first kappa shape index (κ1) is 25.3. The van der Waals surface area contributed by atoms with E-state index in [4.69, 9.17) is 21.1 Å². The van der Waals surface area contributed by atoms with E-state index in [0.717, 1.165) is 20.8 Å². The number of halogens is 1. The van der Waals surface area contributed by atoms with Crippen LogP contribution in [0.1, 0.15) is 21.6 Å². The van der Waals surface area contributed by atoms with Gasteiger partial charge < -0.3 is 14.8 Å². The van der Waals surface area contributed by atoms with E-state index in [-0.39, 0.29) is 10.6 Å². The number of rotatable bonds is 8. The Bertz CT molecular complexity index is 1500. The van der Waals surface area contributed by atoms with E-state index in [1.54, 1.807) is 25.3 Å². The number of benzene rings is 2. The molecule has 2 heterocycles. The van der Waals surface area contributed by atoms with Crippen LogP contribution in [0.25, 0.3) is 11.1 Å². The second-order valence-corrected chi connectivity index (χ2v) is 10.2. The normalized spacial score (nSPS) is 11.2. The number of pyridine rings is 1. The summed E-state index contributed by atoms with van der Waals surface area (Å²) in [6.07, 6.45) is 2.83. The summed E-state index contributed by atoms with van der Waals surface area (Å²) < 4.78 is 37.7. The number of carbonyl (C=O) groups is 1. The Morgan fingerprint density at radius 2 is 1.75 bits per heavy atom. The van der Waals surface area contributed by atoms with Gasteiger partial charge in [-0.2, -0.15) is 0 Å². The number of ether oxygens (including phenoxy) is 2. The van der Waals surface area contributed by atoms with Gasteiger partial charge in [0, 0.05) is 30.1 Å². The smallest absolute Gasteiger partial charge is 0.355 e. The molecule has 186 valence electrons. The van der Waals surface area contributed by atoms with E-state index in [1.165, 1.54) is 37.7 Å². The number of aryl methyl sites for hydroxylation is 1. The van der Waals surface area contributed by atoms with Crippen molar-refractivity contribution in [2.24, 2.45) is 0 Å². The van der Waals surface area contributed by atoms with Crippen LogP contribution in [0.2, 0.25) is 5.02 Å². The maximum Gasteiger partial charge on any atom is 0.355 e. The minimum atomic E-state index is -4.07. The number of aromatic nitrogens is 2. The summed E-state index contributed by atoms with van der Waals surface area (Å²) in [5.74, 6) is 0.496. The topological polar surface area (TPSA) is 99.5 Å². The number of esters is 1. The van der Waals surface area contributed by atoms with E-state index < -0.39 is 16.0 Å². The van der Waals surface area contributed by atoms with Gasteiger partial charge in [-0.3, -0.25) is 0 Å². The summed E-state index contributed by atoms with van der Waals surface area (Å²) in [5, 5.41) is 3.52. The zero-order chi connectivity index (χ0) is 25.9. The maximum absolute atomic E-state index is 13.4. The van der Waals surface area contributed by atoms with Crippen molar-refractivity contribution in [3.63, 3.8) is 0 Å². The van der Waals surface area contributed by atoms with Crippen LogP contribution in [0.15, 0.2) is 78.0 Å². The van der Waals surface area contributed by atoms with E-state index in [2.05, 4.69) is 10.3 Å². The number of anilines is 1. The Morgan fingerprint density at radius 3 is 2.39 bits per heavy atom. The zero-order valence-corrected chi connectivity index (χ0v) is 21.4. The number of nitrogens with zero attached hydrogens (tertiary/aromatic N) is 2. The van der Waals surface area contributed by atoms with Crippen LogP contribution in [-0.2, 0) is 21.3 Å². The fraction of sp³-hybridized carbons (Fsp3) is 0.154. The largest absolute Gasteiger partial charge is 0.497 e. The van der Waals surface area contributed by atoms with Crippen molar-refractivity contribution in [3.8, 4) is 16.9 Å². The lowest BCUT2D eigenvalue weighted by molar-refractivity contribution is 0.0593. The van der Waals surface area contributed by atoms with Gasteiger partial charge in [-0.15, -0.1) is 0 Å². The third kappa shape index (κ3) is 5.22. The van der Waals surface area contributed by atoms with Crippen LogP contribution in [0.5, 0.6) is 5.75 Å². The number of methoxy groups -OCH3 is 2. The summed E-state index contributed by atoms with van der Waals surface area (Å²) in [6.45, 7) is 2.35. The van der Waals surface area contributed by atoms with Gasteiger partial charge in [0.2, 0.25) is 0 Å². The van der Waals surface area contributed by atoms with Crippen molar-refractivity contribution < 1.29 is 22.7 Å². The molecule has 10 heteroatoms. The molecule has 0 amide bonds. The molecule has 0 fully saturated rings. The van der Waals surface area contributed by atoms with Gasteiger partial charge in [-0.05, 0) is 48.9 Å². The Hall–Kier alpha value is -3.82. The van der Waals surface area contributed by atoms with Crippen molar-refractivity contribution in [1.29, 1.82) is 0 Å². The van der Waals surface area contributed by atoms with Crippen molar-refractivity contribution in [2.75, 3.05) is 19.5 Å². The van der Waals surface area contributed by atoms with E-state index in [0.29, 0.717) is 28.5 Å². The van der Waals surface area contributed by atoms with Crippen LogP contribution in [0, 0.1) is 6.92 Å². The van der Waals surface area contributed by atoms with Crippen molar-refractivity contribution in [1.82, 2.24) is 8.96 Å². The number of nitrogens with one attached hydrogen (secondary N) is 1. The molecular formula is C26H24ClN3O5S. The van der Waals surface area contributed by atoms with Gasteiger partial charge in [0.25, 0.3) is 10.0 Å². The summed E-state index contributed by atoms with van der Waals surface area (Å²) in [5.41, 5.74) is 2.71. The van der Waals surface area contributed by atoms with Gasteiger partial charge in [0.15, 0.2) is 0 Å². The standard InChI is InChI=1S/C26H24ClN3O5S/c1-17-4-10-21(11-5-17)36(32,33)30-16-19(12-24(30)26(31)35-3)22-13-25(29-15-23(22)27)28-14-18-6-8-20(34-2)9-7-18/h4-13,15-16H,14H2,1-3H3,(H,28,29). The molecule has 0 saturated heterocycles. The Labute approximate surface area is 214 Å². The molecule has 8 nitrogen and oxygen atoms in total. The lowest BCUT2D eigenvalue weighted by Crippen LogP contribution is -2.18. The molecule has 1 N–H and O–H groups in total. The predicted molar refractivity (Wildman–Crippen MR) is 138 cm³/mol. The Balaban J connectivity index is 1.70. The second-order valence-electron chi connectivity index (χ2n) is 7.97. The van der Waals surface area contributed by atoms with E-state index >= 15 is 0 Å². The molecule has 0 saturated carbocycles. The van der Waals surface area contributed by atoms with Crippen molar-refractivity contribution >= 4 is 33.4 Å². The number of carbonyl (C=O) groups excluding carboxylic acids is 1. The van der Waals surface area contributed by atoms with Crippen LogP contribution in [0.4, 0.5) is 5.82 Å². The molecule has 36 heavy (non-hydrogen) atoms. The summed E-state index contributed by atoms with van der Waals surface area (Å²) in [4.78, 5) is 16.9. The van der Waals surface area contributed by atoms with E-state index in [9.17, 15) is 13.2 Å². The molecule has 0 radical (unpaired) electrons. The zero-order valence-electron chi connectivity index (χ0n) is 19.9. The van der Waals surface area contributed by atoms with Crippen LogP contribution >= 0.6 is 11.6 Å². The molecular weight excluding hydrogens is 502 g/mol. The molecule has 0 spiro atoms. The highest BCUT2D eigenvalue weighted by atomic mass is 35.5. The summed E-state index contributed by atoms with van der Waals surface area (Å²) in [7, 11) is -1.27. The fourth-order valence-electron chi connectivity index (χ4n) is 3.56. The van der Waals surface area contributed by atoms with Crippen LogP contribution in [-0.4, -0.2) is 37.6 Å². The minimum Gasteiger partial charge on any atom is -0.497 e. The van der Waals surface area contributed by atoms with Gasteiger partial charge in [-0.25, -0.2) is 22.2 Å². The first-order valence-electron chi connectivity index (χ1n) is 10.9. The summed E-state index contributed by atoms with van der Waals surface area (Å²) in [6, 6.07) is 17.1. The van der Waals surface area contributed by atoms with Crippen LogP contribution < -0.4 is 10.1 Å². The lowest BCUT2D eigenvalue weighted by Gasteiger charge is -2.10. The highest BCUT2D eigenvalue weighted by Gasteiger charge is 2.26. The first-order valence-corrected chi connectivity index (χ1v) is 12.7. The molecule has 0 aliphatic rings. The lowest BCUT2D eigenvalue weighted by atomic mass is 10.1. The average Bonchev–Trinajstić information content (AvgIpc) is 3.34. The van der Waals surface area contributed by atoms with E-state index in [1.807, 2.05) is 31.2 Å². The Morgan fingerprint density at radius 1 is 1.06 bits per heavy atom. The number of hydrogen-bond acceptors (Lipinski definition) is 7. The average molecular weight is 526 g/mol. The quantitative estimate of drug-likeness (QED) is 0.317. The molecule has 4 rings (SSSR count). The molecule has 0 atom stereocenters. The highest BCUT2D eigenvalue weighted by Crippen LogP contribution is 2.32. The predicted octanol–water partition coefficient (Wildman–Crippen LogP) is 5.16. The second kappa shape index (κ2) is 10.4. The fourth-order valence-corrected chi connectivity index (χ4v) is 5.12. The van der Waals surface area contributed by atoms with Gasteiger partial charge in [0.1, 0.15) is 17.3 Å². The molecule has 2 aromatic carbocycles. The molecule has 0 aliphatic carbocycles. The SMILES string of the molecule is COC(=O)c1cc(-c2cc(NCc3ccc(OC)cc3)ncc2Cl)cn1S(=O)(=O)c1ccc(C)cc1.